The Morgan fingerprint density at radius 3 is 2.21 bits per heavy atom. The number of hydrogen-bond donors (Lipinski definition) is 0. The number of aromatic nitrogens is 2. The van der Waals surface area contributed by atoms with Crippen molar-refractivity contribution in [2.45, 2.75) is 20.8 Å². The molecule has 0 fully saturated rings. The van der Waals surface area contributed by atoms with Crippen LogP contribution in [0.15, 0.2) is 77.6 Å². The molecule has 0 aliphatic rings. The van der Waals surface area contributed by atoms with Gasteiger partial charge in [0, 0.05) is 29.7 Å². The number of rotatable bonds is 5. The number of anilines is 1. The van der Waals surface area contributed by atoms with Crippen molar-refractivity contribution in [3.8, 4) is 16.9 Å². The van der Waals surface area contributed by atoms with Crippen molar-refractivity contribution in [2.75, 3.05) is 18.0 Å². The molecular formula is C25H25N3O. The van der Waals surface area contributed by atoms with E-state index in [0.29, 0.717) is 5.39 Å². The van der Waals surface area contributed by atoms with Gasteiger partial charge in [-0.1, -0.05) is 54.6 Å². The summed E-state index contributed by atoms with van der Waals surface area (Å²) < 4.78 is 1.56. The molecule has 0 aliphatic carbocycles. The summed E-state index contributed by atoms with van der Waals surface area (Å²) >= 11 is 0. The van der Waals surface area contributed by atoms with E-state index in [2.05, 4.69) is 36.9 Å². The third-order valence-corrected chi connectivity index (χ3v) is 5.40. The first-order valence-electron chi connectivity index (χ1n) is 10.1. The Kier molecular flexibility index (Phi) is 5.17. The Balaban J connectivity index is 2.02. The maximum Gasteiger partial charge on any atom is 0.279 e. The Hall–Kier alpha value is -3.40. The minimum absolute atomic E-state index is 0.0971. The molecule has 4 heteroatoms. The molecule has 0 spiro atoms. The monoisotopic (exact) mass is 383 g/mol. The van der Waals surface area contributed by atoms with Crippen LogP contribution in [0.1, 0.15) is 19.4 Å². The molecule has 0 unspecified atom stereocenters. The maximum absolute atomic E-state index is 13.4. The van der Waals surface area contributed by atoms with Crippen LogP contribution in [0.5, 0.6) is 0 Å². The van der Waals surface area contributed by atoms with Gasteiger partial charge in [-0.2, -0.15) is 9.78 Å². The molecule has 3 aromatic carbocycles. The van der Waals surface area contributed by atoms with Crippen molar-refractivity contribution in [3.63, 3.8) is 0 Å². The fourth-order valence-corrected chi connectivity index (χ4v) is 3.77. The molecule has 4 nitrogen and oxygen atoms in total. The molecule has 1 aromatic heterocycles. The van der Waals surface area contributed by atoms with Gasteiger partial charge in [0.25, 0.3) is 5.56 Å². The zero-order valence-corrected chi connectivity index (χ0v) is 17.1. The minimum Gasteiger partial charge on any atom is -0.372 e. The molecular weight excluding hydrogens is 358 g/mol. The molecule has 0 saturated carbocycles. The van der Waals surface area contributed by atoms with Crippen molar-refractivity contribution in [2.24, 2.45) is 0 Å². The molecule has 0 bridgehead atoms. The van der Waals surface area contributed by atoms with Gasteiger partial charge in [0.1, 0.15) is 0 Å². The van der Waals surface area contributed by atoms with Crippen LogP contribution in [-0.2, 0) is 0 Å². The number of fused-ring (bicyclic) bond motifs is 1. The third kappa shape index (κ3) is 3.42. The van der Waals surface area contributed by atoms with Gasteiger partial charge in [-0.25, -0.2) is 0 Å². The van der Waals surface area contributed by atoms with E-state index in [1.54, 1.807) is 4.68 Å². The Labute approximate surface area is 171 Å². The molecule has 29 heavy (non-hydrogen) atoms. The van der Waals surface area contributed by atoms with Gasteiger partial charge >= 0.3 is 0 Å². The van der Waals surface area contributed by atoms with Gasteiger partial charge < -0.3 is 4.90 Å². The Morgan fingerprint density at radius 2 is 1.52 bits per heavy atom. The van der Waals surface area contributed by atoms with Crippen LogP contribution in [0.25, 0.3) is 27.7 Å². The molecule has 0 N–H and O–H groups in total. The van der Waals surface area contributed by atoms with Crippen molar-refractivity contribution >= 4 is 16.5 Å². The Bertz CT molecular complexity index is 1210. The number of hydrogen-bond acceptors (Lipinski definition) is 3. The van der Waals surface area contributed by atoms with Gasteiger partial charge in [0.15, 0.2) is 0 Å². The summed E-state index contributed by atoms with van der Waals surface area (Å²) in [6.07, 6.45) is 0. The molecule has 0 amide bonds. The van der Waals surface area contributed by atoms with E-state index in [4.69, 9.17) is 5.10 Å². The lowest BCUT2D eigenvalue weighted by atomic mass is 10.0. The smallest absolute Gasteiger partial charge is 0.279 e. The van der Waals surface area contributed by atoms with Gasteiger partial charge in [0.2, 0.25) is 0 Å². The highest BCUT2D eigenvalue weighted by Crippen LogP contribution is 2.27. The van der Waals surface area contributed by atoms with E-state index in [-0.39, 0.29) is 5.56 Å². The summed E-state index contributed by atoms with van der Waals surface area (Å²) in [5.41, 5.74) is 4.65. The topological polar surface area (TPSA) is 38.1 Å². The first-order valence-corrected chi connectivity index (χ1v) is 10.1. The Morgan fingerprint density at radius 1 is 0.862 bits per heavy atom. The SMILES string of the molecule is CCN(CC)c1ccc(C)c(-n2nc(-c3ccccc3)c3ccccc3c2=O)c1. The lowest BCUT2D eigenvalue weighted by molar-refractivity contribution is 0.814. The summed E-state index contributed by atoms with van der Waals surface area (Å²) in [5, 5.41) is 6.39. The van der Waals surface area contributed by atoms with Crippen LogP contribution < -0.4 is 10.5 Å². The highest BCUT2D eigenvalue weighted by molar-refractivity contribution is 5.93. The summed E-state index contributed by atoms with van der Waals surface area (Å²) in [4.78, 5) is 15.6. The summed E-state index contributed by atoms with van der Waals surface area (Å²) in [6, 6.07) is 24.0. The number of aryl methyl sites for hydroxylation is 1. The standard InChI is InChI=1S/C25H25N3O/c1-4-27(5-2)20-16-15-18(3)23(17-20)28-25(29)22-14-10-9-13-21(22)24(26-28)19-11-7-6-8-12-19/h6-17H,4-5H2,1-3H3. The third-order valence-electron chi connectivity index (χ3n) is 5.40. The second kappa shape index (κ2) is 7.92. The molecule has 0 aliphatic heterocycles. The van der Waals surface area contributed by atoms with Crippen molar-refractivity contribution in [3.05, 3.63) is 88.7 Å². The molecule has 146 valence electrons. The van der Waals surface area contributed by atoms with Crippen LogP contribution in [0.4, 0.5) is 5.69 Å². The van der Waals surface area contributed by atoms with Crippen molar-refractivity contribution in [1.29, 1.82) is 0 Å². The first kappa shape index (κ1) is 18.9. The van der Waals surface area contributed by atoms with Crippen LogP contribution in [0.2, 0.25) is 0 Å². The highest BCUT2D eigenvalue weighted by atomic mass is 16.1. The van der Waals surface area contributed by atoms with E-state index >= 15 is 0 Å². The van der Waals surface area contributed by atoms with E-state index in [9.17, 15) is 4.79 Å². The van der Waals surface area contributed by atoms with Gasteiger partial charge in [-0.15, -0.1) is 0 Å². The van der Waals surface area contributed by atoms with Crippen LogP contribution in [0.3, 0.4) is 0 Å². The lowest BCUT2D eigenvalue weighted by Crippen LogP contribution is -2.25. The zero-order valence-electron chi connectivity index (χ0n) is 17.1. The summed E-state index contributed by atoms with van der Waals surface area (Å²) in [6.45, 7) is 8.11. The molecule has 0 atom stereocenters. The predicted molar refractivity (Wildman–Crippen MR) is 121 cm³/mol. The molecule has 0 saturated heterocycles. The summed E-state index contributed by atoms with van der Waals surface area (Å²) in [5.74, 6) is 0. The van der Waals surface area contributed by atoms with Crippen LogP contribution >= 0.6 is 0 Å². The second-order valence-electron chi connectivity index (χ2n) is 7.12. The number of nitrogens with zero attached hydrogens (tertiary/aromatic N) is 3. The predicted octanol–water partition coefficient (Wildman–Crippen LogP) is 5.21. The van der Waals surface area contributed by atoms with Gasteiger partial charge in [-0.3, -0.25) is 4.79 Å². The second-order valence-corrected chi connectivity index (χ2v) is 7.12. The van der Waals surface area contributed by atoms with Crippen molar-refractivity contribution < 1.29 is 0 Å². The molecule has 4 rings (SSSR count). The van der Waals surface area contributed by atoms with E-state index < -0.39 is 0 Å². The molecule has 0 radical (unpaired) electrons. The maximum atomic E-state index is 13.4. The van der Waals surface area contributed by atoms with Crippen molar-refractivity contribution in [1.82, 2.24) is 9.78 Å². The van der Waals surface area contributed by atoms with E-state index in [1.807, 2.05) is 61.5 Å². The van der Waals surface area contributed by atoms with E-state index in [0.717, 1.165) is 46.7 Å². The zero-order chi connectivity index (χ0) is 20.4. The fourth-order valence-electron chi connectivity index (χ4n) is 3.77. The first-order chi connectivity index (χ1) is 14.1. The van der Waals surface area contributed by atoms with Crippen LogP contribution in [-0.4, -0.2) is 22.9 Å². The van der Waals surface area contributed by atoms with Gasteiger partial charge in [0.05, 0.1) is 16.8 Å². The average Bonchev–Trinajstić information content (AvgIpc) is 2.77. The van der Waals surface area contributed by atoms with Crippen LogP contribution in [0, 0.1) is 6.92 Å². The quantitative estimate of drug-likeness (QED) is 0.475. The number of benzene rings is 3. The average molecular weight is 383 g/mol. The highest BCUT2D eigenvalue weighted by Gasteiger charge is 2.15. The fraction of sp³-hybridized carbons (Fsp3) is 0.200. The molecule has 4 aromatic rings. The normalized spacial score (nSPS) is 11.0. The molecule has 1 heterocycles. The van der Waals surface area contributed by atoms with Gasteiger partial charge in [-0.05, 0) is 44.5 Å². The lowest BCUT2D eigenvalue weighted by Gasteiger charge is -2.22. The summed E-state index contributed by atoms with van der Waals surface area (Å²) in [7, 11) is 0. The van der Waals surface area contributed by atoms with E-state index in [1.165, 1.54) is 0 Å². The minimum atomic E-state index is -0.0971. The largest absolute Gasteiger partial charge is 0.372 e.